The largest absolute Gasteiger partial charge is 0.345 e. The molecule has 16 heteroatoms. The van der Waals surface area contributed by atoms with Crippen molar-refractivity contribution in [2.45, 2.75) is 270 Å². The Kier molecular flexibility index (Phi) is 43.1. The number of amides is 4. The zero-order valence-electron chi connectivity index (χ0n) is 44.5. The summed E-state index contributed by atoms with van der Waals surface area (Å²) in [5.41, 5.74) is 18.6. The monoisotopic (exact) mass is 1020 g/mol. The van der Waals surface area contributed by atoms with Gasteiger partial charge in [0.2, 0.25) is 23.6 Å². The van der Waals surface area contributed by atoms with Gasteiger partial charge in [-0.05, 0) is 85.0 Å². The van der Waals surface area contributed by atoms with Gasteiger partial charge in [0, 0.05) is 37.2 Å². The average Bonchev–Trinajstić information content (AvgIpc) is 3.31. The maximum absolute atomic E-state index is 13.4. The van der Waals surface area contributed by atoms with Crippen molar-refractivity contribution in [2.75, 3.05) is 11.5 Å². The fraction of sp³-hybridized carbons (Fsp3) is 0.815. The summed E-state index contributed by atoms with van der Waals surface area (Å²) in [5.74, 6) is -2.17. The van der Waals surface area contributed by atoms with Crippen LogP contribution in [0.15, 0.2) is 24.3 Å². The van der Waals surface area contributed by atoms with Crippen LogP contribution in [-0.4, -0.2) is 94.3 Å². The summed E-state index contributed by atoms with van der Waals surface area (Å²) in [7, 11) is 0. The molecular formula is C54H102N8O6S2. The van der Waals surface area contributed by atoms with E-state index in [4.69, 9.17) is 17.2 Å². The molecule has 406 valence electrons. The summed E-state index contributed by atoms with van der Waals surface area (Å²) in [5, 5.41) is 10.8. The molecule has 4 amide bonds. The molecule has 7 atom stereocenters. The summed E-state index contributed by atoms with van der Waals surface area (Å²) in [6.07, 6.45) is 36.6. The Hall–Kier alpha value is -2.76. The lowest BCUT2D eigenvalue weighted by Crippen LogP contribution is -2.62. The van der Waals surface area contributed by atoms with E-state index in [2.05, 4.69) is 84.7 Å². The van der Waals surface area contributed by atoms with E-state index in [1.807, 2.05) is 0 Å². The Morgan fingerprint density at radius 1 is 0.443 bits per heavy atom. The fourth-order valence-corrected chi connectivity index (χ4v) is 9.03. The van der Waals surface area contributed by atoms with Gasteiger partial charge in [-0.3, -0.25) is 33.7 Å². The molecule has 0 spiro atoms. The van der Waals surface area contributed by atoms with Crippen molar-refractivity contribution < 1.29 is 28.8 Å². The van der Waals surface area contributed by atoms with Crippen molar-refractivity contribution in [3.05, 3.63) is 24.3 Å². The molecule has 0 bridgehead atoms. The summed E-state index contributed by atoms with van der Waals surface area (Å²) < 4.78 is 0. The van der Waals surface area contributed by atoms with Gasteiger partial charge in [0.05, 0.1) is 42.7 Å². The lowest BCUT2D eigenvalue weighted by Gasteiger charge is -2.36. The third-order valence-corrected chi connectivity index (χ3v) is 13.5. The van der Waals surface area contributed by atoms with E-state index < -0.39 is 54.5 Å². The Balaban J connectivity index is 4.65. The second-order valence-corrected chi connectivity index (χ2v) is 20.1. The molecule has 0 aliphatic carbocycles. The minimum absolute atomic E-state index is 0.0783. The van der Waals surface area contributed by atoms with Gasteiger partial charge in [-0.15, -0.1) is 0 Å². The van der Waals surface area contributed by atoms with E-state index in [-0.39, 0.29) is 47.7 Å². The molecule has 0 heterocycles. The van der Waals surface area contributed by atoms with E-state index in [9.17, 15) is 28.8 Å². The number of hydrogen-bond donors (Lipinski definition) is 9. The zero-order chi connectivity index (χ0) is 52.4. The highest BCUT2D eigenvalue weighted by molar-refractivity contribution is 7.80. The van der Waals surface area contributed by atoms with Crippen LogP contribution in [0.25, 0.3) is 0 Å². The number of nitrogens with zero attached hydrogens (tertiary/aromatic N) is 1. The molecule has 10 N–H and O–H groups in total. The van der Waals surface area contributed by atoms with Crippen LogP contribution in [0.3, 0.4) is 0 Å². The lowest BCUT2D eigenvalue weighted by molar-refractivity contribution is -0.134. The van der Waals surface area contributed by atoms with Crippen LogP contribution in [0.2, 0.25) is 0 Å². The predicted octanol–water partition coefficient (Wildman–Crippen LogP) is 8.99. The topological polar surface area (TPSA) is 232 Å². The number of allylic oxidation sites excluding steroid dienone is 4. The summed E-state index contributed by atoms with van der Waals surface area (Å²) in [6.45, 7) is 9.22. The first-order valence-electron chi connectivity index (χ1n) is 27.4. The molecule has 14 nitrogen and oxygen atoms in total. The lowest BCUT2D eigenvalue weighted by atomic mass is 10.1. The Bertz CT molecular complexity index is 1370. The smallest absolute Gasteiger partial charge is 0.238 e. The van der Waals surface area contributed by atoms with Crippen LogP contribution in [-0.2, 0) is 28.8 Å². The van der Waals surface area contributed by atoms with E-state index in [0.717, 1.165) is 89.9 Å². The molecule has 0 aliphatic heterocycles. The van der Waals surface area contributed by atoms with E-state index in [1.165, 1.54) is 81.9 Å². The van der Waals surface area contributed by atoms with Crippen molar-refractivity contribution >= 4 is 60.5 Å². The molecule has 0 radical (unpaired) electrons. The Labute approximate surface area is 436 Å². The van der Waals surface area contributed by atoms with Crippen molar-refractivity contribution in [3.63, 3.8) is 0 Å². The van der Waals surface area contributed by atoms with Crippen molar-refractivity contribution in [2.24, 2.45) is 17.2 Å². The van der Waals surface area contributed by atoms with Gasteiger partial charge in [-0.2, -0.15) is 25.3 Å². The molecule has 0 aromatic heterocycles. The number of rotatable bonds is 47. The van der Waals surface area contributed by atoms with Crippen LogP contribution in [0.1, 0.15) is 227 Å². The Morgan fingerprint density at radius 3 is 1.01 bits per heavy atom. The SMILES string of the molecule is CCCCCCCC/C=C\CCCCCCCC(=O)N[C@@H](CS)C(=O)CC(N)NC(=O)C(C)N(C(C)N)C(C)C(=O)NC(N)CC(=O)[C@H](CS)NC(=O)CCCCCCC/C=C\CCCCCCCC. The molecule has 0 saturated heterocycles. The van der Waals surface area contributed by atoms with Crippen LogP contribution < -0.4 is 38.5 Å². The number of unbranched alkanes of at least 4 members (excludes halogenated alkanes) is 22. The van der Waals surface area contributed by atoms with Crippen LogP contribution >= 0.6 is 25.3 Å². The highest BCUT2D eigenvalue weighted by Crippen LogP contribution is 2.14. The number of ketones is 2. The zero-order valence-corrected chi connectivity index (χ0v) is 46.3. The van der Waals surface area contributed by atoms with Gasteiger partial charge < -0.3 is 38.5 Å². The first-order chi connectivity index (χ1) is 33.6. The number of hydrogen-bond acceptors (Lipinski definition) is 12. The van der Waals surface area contributed by atoms with Crippen molar-refractivity contribution in [1.82, 2.24) is 26.2 Å². The standard InChI is InChI=1S/C54H102N8O6S2/c1-6-8-10-12-14-16-18-20-22-24-26-28-30-32-34-36-51(65)58-45(40-69)47(63)38-49(56)60-53(67)42(3)62(44(5)55)43(4)54(68)61-50(57)39-48(64)46(41-70)59-52(66)37-35-33-31-29-27-25-23-21-19-17-15-13-11-9-7-2/h20-23,42-46,49-50,69-70H,6-19,24-41,55-57H2,1-5H3,(H,58,65)(H,59,66)(H,60,67)(H,61,68)/b22-20-,23-21-/t42?,43?,44?,45-,46-,49?,50?/m0/s1. The number of carbonyl (C=O) groups is 6. The predicted molar refractivity (Wildman–Crippen MR) is 296 cm³/mol. The molecule has 5 unspecified atom stereocenters. The molecule has 0 aromatic carbocycles. The second-order valence-electron chi connectivity index (χ2n) is 19.4. The van der Waals surface area contributed by atoms with Crippen LogP contribution in [0.4, 0.5) is 0 Å². The van der Waals surface area contributed by atoms with Gasteiger partial charge in [-0.1, -0.05) is 141 Å². The molecule has 0 rings (SSSR count). The second kappa shape index (κ2) is 44.9. The van der Waals surface area contributed by atoms with Crippen molar-refractivity contribution in [1.29, 1.82) is 0 Å². The minimum Gasteiger partial charge on any atom is -0.345 e. The van der Waals surface area contributed by atoms with Gasteiger partial charge in [-0.25, -0.2) is 0 Å². The molecule has 0 saturated carbocycles. The quantitative estimate of drug-likeness (QED) is 0.0122. The number of thiol groups is 2. The van der Waals surface area contributed by atoms with Gasteiger partial charge in [0.15, 0.2) is 11.6 Å². The van der Waals surface area contributed by atoms with Crippen LogP contribution in [0, 0.1) is 0 Å². The Morgan fingerprint density at radius 2 is 0.729 bits per heavy atom. The minimum atomic E-state index is -1.08. The molecule has 0 aliphatic rings. The first-order valence-corrected chi connectivity index (χ1v) is 28.7. The first kappa shape index (κ1) is 67.2. The molecule has 0 fully saturated rings. The fourth-order valence-electron chi connectivity index (χ4n) is 8.44. The van der Waals surface area contributed by atoms with E-state index in [1.54, 1.807) is 20.8 Å². The highest BCUT2D eigenvalue weighted by Gasteiger charge is 2.34. The maximum atomic E-state index is 13.4. The maximum Gasteiger partial charge on any atom is 0.238 e. The summed E-state index contributed by atoms with van der Waals surface area (Å²) >= 11 is 8.55. The molecule has 0 aromatic rings. The van der Waals surface area contributed by atoms with Gasteiger partial charge >= 0.3 is 0 Å². The van der Waals surface area contributed by atoms with Crippen LogP contribution in [0.5, 0.6) is 0 Å². The molecular weight excluding hydrogens is 921 g/mol. The van der Waals surface area contributed by atoms with Gasteiger partial charge in [0.25, 0.3) is 0 Å². The number of nitrogens with one attached hydrogen (secondary N) is 4. The summed E-state index contributed by atoms with van der Waals surface area (Å²) in [4.78, 5) is 79.8. The number of carbonyl (C=O) groups excluding carboxylic acids is 6. The van der Waals surface area contributed by atoms with Gasteiger partial charge in [0.1, 0.15) is 0 Å². The normalized spacial score (nSPS) is 14.8. The number of nitrogens with two attached hydrogens (primary N) is 3. The summed E-state index contributed by atoms with van der Waals surface area (Å²) in [6, 6.07) is -3.64. The van der Waals surface area contributed by atoms with E-state index in [0.29, 0.717) is 12.8 Å². The number of Topliss-reactive ketones (excluding diaryl/α,β-unsaturated/α-hetero) is 2. The van der Waals surface area contributed by atoms with Crippen molar-refractivity contribution in [3.8, 4) is 0 Å². The average molecular weight is 1020 g/mol. The third kappa shape index (κ3) is 35.4. The molecule has 70 heavy (non-hydrogen) atoms. The highest BCUT2D eigenvalue weighted by atomic mass is 32.1. The third-order valence-electron chi connectivity index (χ3n) is 12.8. The van der Waals surface area contributed by atoms with E-state index >= 15 is 0 Å².